The minimum atomic E-state index is -0.142. The van der Waals surface area contributed by atoms with Gasteiger partial charge in [0.15, 0.2) is 0 Å². The van der Waals surface area contributed by atoms with Crippen molar-refractivity contribution in [3.63, 3.8) is 0 Å². The molecule has 2 N–H and O–H groups in total. The molecule has 23 heavy (non-hydrogen) atoms. The third kappa shape index (κ3) is 4.38. The SMILES string of the molecule is O=C(NCc1ccccc1Cl)[C@H]1CCCN(C(=O)NC2CC2)C1. The summed E-state index contributed by atoms with van der Waals surface area (Å²) < 4.78 is 0. The first-order chi connectivity index (χ1) is 11.1. The number of rotatable bonds is 4. The smallest absolute Gasteiger partial charge is 0.317 e. The van der Waals surface area contributed by atoms with Crippen LogP contribution in [0, 0.1) is 5.92 Å². The third-order valence-electron chi connectivity index (χ3n) is 4.40. The molecular formula is C17H22ClN3O2. The van der Waals surface area contributed by atoms with Crippen LogP contribution in [0.1, 0.15) is 31.2 Å². The first kappa shape index (κ1) is 16.1. The summed E-state index contributed by atoms with van der Waals surface area (Å²) in [6, 6.07) is 7.79. The number of urea groups is 1. The van der Waals surface area contributed by atoms with E-state index in [4.69, 9.17) is 11.6 Å². The summed E-state index contributed by atoms with van der Waals surface area (Å²) in [4.78, 5) is 26.2. The molecule has 5 nitrogen and oxygen atoms in total. The van der Waals surface area contributed by atoms with Gasteiger partial charge in [-0.05, 0) is 37.3 Å². The van der Waals surface area contributed by atoms with Gasteiger partial charge in [-0.15, -0.1) is 0 Å². The van der Waals surface area contributed by atoms with Gasteiger partial charge in [0.25, 0.3) is 0 Å². The van der Waals surface area contributed by atoms with Gasteiger partial charge in [-0.1, -0.05) is 29.8 Å². The molecular weight excluding hydrogens is 314 g/mol. The van der Waals surface area contributed by atoms with Crippen molar-refractivity contribution in [3.8, 4) is 0 Å². The molecule has 1 aromatic carbocycles. The fourth-order valence-corrected chi connectivity index (χ4v) is 3.04. The zero-order chi connectivity index (χ0) is 16.2. The normalized spacial score (nSPS) is 20.9. The second-order valence-electron chi connectivity index (χ2n) is 6.32. The van der Waals surface area contributed by atoms with E-state index >= 15 is 0 Å². The van der Waals surface area contributed by atoms with Crippen LogP contribution in [-0.2, 0) is 11.3 Å². The summed E-state index contributed by atoms with van der Waals surface area (Å²) in [6.45, 7) is 1.64. The number of nitrogens with zero attached hydrogens (tertiary/aromatic N) is 1. The van der Waals surface area contributed by atoms with Crippen LogP contribution in [0.5, 0.6) is 0 Å². The average molecular weight is 336 g/mol. The minimum Gasteiger partial charge on any atom is -0.352 e. The Balaban J connectivity index is 1.50. The van der Waals surface area contributed by atoms with Crippen molar-refractivity contribution in [2.75, 3.05) is 13.1 Å². The van der Waals surface area contributed by atoms with Crippen molar-refractivity contribution in [3.05, 3.63) is 34.9 Å². The molecule has 1 aromatic rings. The molecule has 1 saturated carbocycles. The molecule has 3 rings (SSSR count). The van der Waals surface area contributed by atoms with E-state index in [2.05, 4.69) is 10.6 Å². The zero-order valence-corrected chi connectivity index (χ0v) is 13.8. The lowest BCUT2D eigenvalue weighted by Gasteiger charge is -2.32. The Morgan fingerprint density at radius 3 is 2.74 bits per heavy atom. The summed E-state index contributed by atoms with van der Waals surface area (Å²) in [6.07, 6.45) is 3.83. The monoisotopic (exact) mass is 335 g/mol. The zero-order valence-electron chi connectivity index (χ0n) is 13.1. The number of benzene rings is 1. The predicted octanol–water partition coefficient (Wildman–Crippen LogP) is 2.54. The van der Waals surface area contributed by atoms with E-state index in [0.717, 1.165) is 37.8 Å². The van der Waals surface area contributed by atoms with Gasteiger partial charge in [0.1, 0.15) is 0 Å². The van der Waals surface area contributed by atoms with Gasteiger partial charge < -0.3 is 15.5 Å². The van der Waals surface area contributed by atoms with Crippen molar-refractivity contribution < 1.29 is 9.59 Å². The maximum absolute atomic E-state index is 12.4. The van der Waals surface area contributed by atoms with Gasteiger partial charge in [0.05, 0.1) is 5.92 Å². The number of hydrogen-bond acceptors (Lipinski definition) is 2. The number of likely N-dealkylation sites (tertiary alicyclic amines) is 1. The molecule has 0 aromatic heterocycles. The van der Waals surface area contributed by atoms with E-state index in [0.29, 0.717) is 24.2 Å². The quantitative estimate of drug-likeness (QED) is 0.888. The van der Waals surface area contributed by atoms with Crippen molar-refractivity contribution in [2.24, 2.45) is 5.92 Å². The highest BCUT2D eigenvalue weighted by molar-refractivity contribution is 6.31. The number of amides is 3. The molecule has 1 aliphatic heterocycles. The molecule has 0 radical (unpaired) electrons. The van der Waals surface area contributed by atoms with Crippen LogP contribution in [0.2, 0.25) is 5.02 Å². The summed E-state index contributed by atoms with van der Waals surface area (Å²) in [7, 11) is 0. The van der Waals surface area contributed by atoms with E-state index in [-0.39, 0.29) is 17.9 Å². The van der Waals surface area contributed by atoms with Gasteiger partial charge in [0, 0.05) is 30.7 Å². The van der Waals surface area contributed by atoms with Crippen LogP contribution in [0.15, 0.2) is 24.3 Å². The second-order valence-corrected chi connectivity index (χ2v) is 6.73. The third-order valence-corrected chi connectivity index (χ3v) is 4.76. The van der Waals surface area contributed by atoms with Crippen LogP contribution in [-0.4, -0.2) is 36.0 Å². The summed E-state index contributed by atoms with van der Waals surface area (Å²) in [5, 5.41) is 6.58. The molecule has 3 amide bonds. The summed E-state index contributed by atoms with van der Waals surface area (Å²) >= 11 is 6.10. The Kier molecular flexibility index (Phi) is 5.06. The number of carbonyl (C=O) groups excluding carboxylic acids is 2. The largest absolute Gasteiger partial charge is 0.352 e. The molecule has 2 aliphatic rings. The van der Waals surface area contributed by atoms with Gasteiger partial charge in [-0.3, -0.25) is 4.79 Å². The minimum absolute atomic E-state index is 0.00570. The predicted molar refractivity (Wildman–Crippen MR) is 89.1 cm³/mol. The molecule has 0 bridgehead atoms. The molecule has 1 aliphatic carbocycles. The van der Waals surface area contributed by atoms with Crippen molar-refractivity contribution in [2.45, 2.75) is 38.3 Å². The highest BCUT2D eigenvalue weighted by Crippen LogP contribution is 2.21. The lowest BCUT2D eigenvalue weighted by molar-refractivity contribution is -0.126. The van der Waals surface area contributed by atoms with Crippen molar-refractivity contribution >= 4 is 23.5 Å². The highest BCUT2D eigenvalue weighted by atomic mass is 35.5. The Bertz CT molecular complexity index is 589. The van der Waals surface area contributed by atoms with Gasteiger partial charge in [0.2, 0.25) is 5.91 Å². The number of hydrogen-bond donors (Lipinski definition) is 2. The van der Waals surface area contributed by atoms with E-state index in [1.54, 1.807) is 4.90 Å². The first-order valence-electron chi connectivity index (χ1n) is 8.20. The molecule has 0 unspecified atom stereocenters. The van der Waals surface area contributed by atoms with Gasteiger partial charge in [-0.2, -0.15) is 0 Å². The van der Waals surface area contributed by atoms with Crippen LogP contribution < -0.4 is 10.6 Å². The summed E-state index contributed by atoms with van der Waals surface area (Å²) in [5.74, 6) is -0.148. The van der Waals surface area contributed by atoms with E-state index in [1.165, 1.54) is 0 Å². The van der Waals surface area contributed by atoms with Crippen molar-refractivity contribution in [1.29, 1.82) is 0 Å². The molecule has 124 valence electrons. The van der Waals surface area contributed by atoms with Gasteiger partial charge in [-0.25, -0.2) is 4.79 Å². The molecule has 1 heterocycles. The fraction of sp³-hybridized carbons (Fsp3) is 0.529. The van der Waals surface area contributed by atoms with Crippen molar-refractivity contribution in [1.82, 2.24) is 15.5 Å². The van der Waals surface area contributed by atoms with Crippen LogP contribution >= 0.6 is 11.6 Å². The number of nitrogens with one attached hydrogen (secondary N) is 2. The van der Waals surface area contributed by atoms with Gasteiger partial charge >= 0.3 is 6.03 Å². The second kappa shape index (κ2) is 7.21. The number of carbonyl (C=O) groups is 2. The Hall–Kier alpha value is -1.75. The number of piperidine rings is 1. The van der Waals surface area contributed by atoms with Crippen LogP contribution in [0.25, 0.3) is 0 Å². The Labute approximate surface area is 141 Å². The maximum atomic E-state index is 12.4. The average Bonchev–Trinajstić information content (AvgIpc) is 3.38. The molecule has 6 heteroatoms. The topological polar surface area (TPSA) is 61.4 Å². The lowest BCUT2D eigenvalue weighted by Crippen LogP contribution is -2.49. The van der Waals surface area contributed by atoms with E-state index in [9.17, 15) is 9.59 Å². The van der Waals surface area contributed by atoms with Crippen LogP contribution in [0.3, 0.4) is 0 Å². The maximum Gasteiger partial charge on any atom is 0.317 e. The fourth-order valence-electron chi connectivity index (χ4n) is 2.84. The molecule has 1 atom stereocenters. The molecule has 2 fully saturated rings. The number of halogens is 1. The van der Waals surface area contributed by atoms with E-state index in [1.807, 2.05) is 24.3 Å². The lowest BCUT2D eigenvalue weighted by atomic mass is 9.97. The Morgan fingerprint density at radius 2 is 2.00 bits per heavy atom. The van der Waals surface area contributed by atoms with Crippen LogP contribution in [0.4, 0.5) is 4.79 Å². The first-order valence-corrected chi connectivity index (χ1v) is 8.58. The molecule has 0 spiro atoms. The summed E-state index contributed by atoms with van der Waals surface area (Å²) in [5.41, 5.74) is 0.904. The highest BCUT2D eigenvalue weighted by Gasteiger charge is 2.31. The Morgan fingerprint density at radius 1 is 1.22 bits per heavy atom. The standard InChI is InChI=1S/C17H22ClN3O2/c18-15-6-2-1-4-12(15)10-19-16(22)13-5-3-9-21(11-13)17(23)20-14-7-8-14/h1-2,4,6,13-14H,3,5,7-11H2,(H,19,22)(H,20,23)/t13-/m0/s1. The molecule has 1 saturated heterocycles. The van der Waals surface area contributed by atoms with E-state index < -0.39 is 0 Å².